The Hall–Kier alpha value is -1.85. The van der Waals surface area contributed by atoms with Crippen LogP contribution in [0.1, 0.15) is 5.69 Å². The van der Waals surface area contributed by atoms with E-state index in [1.54, 1.807) is 25.1 Å². The molecule has 0 aliphatic heterocycles. The maximum absolute atomic E-state index is 14.4. The molecule has 116 valence electrons. The molecule has 1 aromatic heterocycles. The van der Waals surface area contributed by atoms with Gasteiger partial charge in [-0.05, 0) is 25.3 Å². The quantitative estimate of drug-likeness (QED) is 0.768. The third-order valence-corrected chi connectivity index (χ3v) is 3.70. The Morgan fingerprint density at radius 1 is 1.32 bits per heavy atom. The van der Waals surface area contributed by atoms with Crippen LogP contribution in [0.5, 0.6) is 5.75 Å². The number of nitrogens with zero attached hydrogens (tertiary/aromatic N) is 3. The van der Waals surface area contributed by atoms with E-state index in [0.717, 1.165) is 0 Å². The SMILES string of the molecule is C=CN(C)c1c(C)nc(-c2ccc(Cl)c(OC)c2F)nc1Cl. The molecule has 2 aromatic rings. The first-order valence-corrected chi connectivity index (χ1v) is 7.08. The Balaban J connectivity index is 2.63. The van der Waals surface area contributed by atoms with Gasteiger partial charge in [-0.3, -0.25) is 0 Å². The van der Waals surface area contributed by atoms with Crippen LogP contribution < -0.4 is 9.64 Å². The fourth-order valence-corrected chi connectivity index (χ4v) is 2.61. The zero-order valence-corrected chi connectivity index (χ0v) is 13.8. The Morgan fingerprint density at radius 2 is 2.00 bits per heavy atom. The first kappa shape index (κ1) is 16.5. The minimum atomic E-state index is -0.629. The molecular formula is C15H14Cl2FN3O. The highest BCUT2D eigenvalue weighted by atomic mass is 35.5. The zero-order valence-electron chi connectivity index (χ0n) is 12.3. The lowest BCUT2D eigenvalue weighted by molar-refractivity contribution is 0.387. The van der Waals surface area contributed by atoms with Crippen LogP contribution in [-0.2, 0) is 0 Å². The van der Waals surface area contributed by atoms with Crippen LogP contribution in [0.4, 0.5) is 10.1 Å². The maximum Gasteiger partial charge on any atom is 0.177 e. The summed E-state index contributed by atoms with van der Waals surface area (Å²) in [7, 11) is 3.12. The number of hydrogen-bond donors (Lipinski definition) is 0. The summed E-state index contributed by atoms with van der Waals surface area (Å²) in [6.45, 7) is 5.43. The van der Waals surface area contributed by atoms with Crippen molar-refractivity contribution >= 4 is 28.9 Å². The third kappa shape index (κ3) is 2.87. The van der Waals surface area contributed by atoms with Gasteiger partial charge in [0.05, 0.1) is 29.1 Å². The Bertz CT molecular complexity index is 714. The van der Waals surface area contributed by atoms with Gasteiger partial charge in [0.25, 0.3) is 0 Å². The van der Waals surface area contributed by atoms with E-state index in [0.29, 0.717) is 11.4 Å². The van der Waals surface area contributed by atoms with E-state index in [2.05, 4.69) is 16.5 Å². The predicted octanol–water partition coefficient (Wildman–Crippen LogP) is 4.49. The molecule has 0 bridgehead atoms. The summed E-state index contributed by atoms with van der Waals surface area (Å²) >= 11 is 12.1. The second-order valence-electron chi connectivity index (χ2n) is 4.51. The predicted molar refractivity (Wildman–Crippen MR) is 87.3 cm³/mol. The number of aryl methyl sites for hydroxylation is 1. The number of aromatic nitrogens is 2. The summed E-state index contributed by atoms with van der Waals surface area (Å²) in [4.78, 5) is 10.2. The van der Waals surface area contributed by atoms with Gasteiger partial charge in [-0.2, -0.15) is 0 Å². The van der Waals surface area contributed by atoms with Crippen LogP contribution in [0.25, 0.3) is 11.4 Å². The third-order valence-electron chi connectivity index (χ3n) is 3.14. The first-order valence-electron chi connectivity index (χ1n) is 6.32. The fourth-order valence-electron chi connectivity index (χ4n) is 2.04. The number of rotatable bonds is 4. The lowest BCUT2D eigenvalue weighted by Crippen LogP contribution is -2.12. The second-order valence-corrected chi connectivity index (χ2v) is 5.27. The summed E-state index contributed by atoms with van der Waals surface area (Å²) in [6, 6.07) is 3.01. The maximum atomic E-state index is 14.4. The molecule has 4 nitrogen and oxygen atoms in total. The minimum absolute atomic E-state index is 0.0520. The lowest BCUT2D eigenvalue weighted by atomic mass is 10.1. The van der Waals surface area contributed by atoms with Crippen LogP contribution >= 0.6 is 23.2 Å². The van der Waals surface area contributed by atoms with Gasteiger partial charge in [-0.15, -0.1) is 0 Å². The number of anilines is 1. The van der Waals surface area contributed by atoms with E-state index < -0.39 is 5.82 Å². The number of benzene rings is 1. The standard InChI is InChI=1S/C15H14Cl2FN3O/c1-5-21(3)12-8(2)19-15(20-14(12)17)9-6-7-10(16)13(22-4)11(9)18/h5-7H,1H2,2-4H3. The van der Waals surface area contributed by atoms with Crippen molar-refractivity contribution in [3.05, 3.63) is 46.6 Å². The molecule has 0 spiro atoms. The highest BCUT2D eigenvalue weighted by Crippen LogP contribution is 2.35. The molecule has 22 heavy (non-hydrogen) atoms. The van der Waals surface area contributed by atoms with E-state index in [9.17, 15) is 4.39 Å². The molecule has 0 aliphatic carbocycles. The molecule has 0 amide bonds. The van der Waals surface area contributed by atoms with Gasteiger partial charge in [0.1, 0.15) is 0 Å². The van der Waals surface area contributed by atoms with Crippen LogP contribution in [0.2, 0.25) is 10.2 Å². The summed E-state index contributed by atoms with van der Waals surface area (Å²) < 4.78 is 19.4. The van der Waals surface area contributed by atoms with Crippen LogP contribution in [0.3, 0.4) is 0 Å². The normalized spacial score (nSPS) is 10.5. The average Bonchev–Trinajstić information content (AvgIpc) is 2.46. The van der Waals surface area contributed by atoms with Gasteiger partial charge >= 0.3 is 0 Å². The van der Waals surface area contributed by atoms with Crippen molar-refractivity contribution in [3.63, 3.8) is 0 Å². The van der Waals surface area contributed by atoms with E-state index in [4.69, 9.17) is 27.9 Å². The molecule has 2 rings (SSSR count). The summed E-state index contributed by atoms with van der Waals surface area (Å²) in [6.07, 6.45) is 1.59. The first-order chi connectivity index (χ1) is 10.4. The highest BCUT2D eigenvalue weighted by molar-refractivity contribution is 6.32. The van der Waals surface area contributed by atoms with Gasteiger partial charge in [-0.1, -0.05) is 29.8 Å². The van der Waals surface area contributed by atoms with Gasteiger partial charge in [-0.25, -0.2) is 14.4 Å². The molecule has 0 atom stereocenters. The van der Waals surface area contributed by atoms with Gasteiger partial charge in [0, 0.05) is 7.05 Å². The van der Waals surface area contributed by atoms with Crippen molar-refractivity contribution in [1.82, 2.24) is 9.97 Å². The number of halogens is 3. The molecule has 0 aliphatic rings. The molecule has 0 saturated heterocycles. The summed E-state index contributed by atoms with van der Waals surface area (Å²) in [5.74, 6) is -0.518. The molecule has 0 fully saturated rings. The van der Waals surface area contributed by atoms with E-state index in [1.807, 2.05) is 0 Å². The van der Waals surface area contributed by atoms with Crippen molar-refractivity contribution in [3.8, 4) is 17.1 Å². The molecule has 0 N–H and O–H groups in total. The fraction of sp³-hybridized carbons (Fsp3) is 0.200. The lowest BCUT2D eigenvalue weighted by Gasteiger charge is -2.18. The van der Waals surface area contributed by atoms with Crippen LogP contribution in [-0.4, -0.2) is 24.1 Å². The van der Waals surface area contributed by atoms with Crippen molar-refractivity contribution in [2.45, 2.75) is 6.92 Å². The molecule has 0 unspecified atom stereocenters. The van der Waals surface area contributed by atoms with E-state index in [1.165, 1.54) is 19.2 Å². The van der Waals surface area contributed by atoms with E-state index in [-0.39, 0.29) is 27.3 Å². The van der Waals surface area contributed by atoms with Gasteiger partial charge in [0.15, 0.2) is 22.5 Å². The largest absolute Gasteiger partial charge is 0.492 e. The van der Waals surface area contributed by atoms with Crippen LogP contribution in [0, 0.1) is 12.7 Å². The smallest absolute Gasteiger partial charge is 0.177 e. The molecule has 1 heterocycles. The average molecular weight is 342 g/mol. The minimum Gasteiger partial charge on any atom is -0.492 e. The second kappa shape index (κ2) is 6.50. The molecule has 1 aromatic carbocycles. The number of methoxy groups -OCH3 is 1. The highest BCUT2D eigenvalue weighted by Gasteiger charge is 2.19. The molecular weight excluding hydrogens is 328 g/mol. The number of hydrogen-bond acceptors (Lipinski definition) is 4. The van der Waals surface area contributed by atoms with Gasteiger partial charge < -0.3 is 9.64 Å². The van der Waals surface area contributed by atoms with Crippen molar-refractivity contribution in [2.75, 3.05) is 19.1 Å². The van der Waals surface area contributed by atoms with Crippen LogP contribution in [0.15, 0.2) is 24.9 Å². The summed E-state index contributed by atoms with van der Waals surface area (Å²) in [5.41, 5.74) is 1.38. The van der Waals surface area contributed by atoms with E-state index >= 15 is 0 Å². The molecule has 0 radical (unpaired) electrons. The number of ether oxygens (including phenoxy) is 1. The van der Waals surface area contributed by atoms with Gasteiger partial charge in [0.2, 0.25) is 0 Å². The summed E-state index contributed by atoms with van der Waals surface area (Å²) in [5, 5.41) is 0.382. The molecule has 0 saturated carbocycles. The molecule has 7 heteroatoms. The topological polar surface area (TPSA) is 38.2 Å². The monoisotopic (exact) mass is 341 g/mol. The van der Waals surface area contributed by atoms with Crippen molar-refractivity contribution in [2.24, 2.45) is 0 Å². The Morgan fingerprint density at radius 3 is 2.55 bits per heavy atom. The van der Waals surface area contributed by atoms with Crippen molar-refractivity contribution < 1.29 is 9.13 Å². The zero-order chi connectivity index (χ0) is 16.4. The Kier molecular flexibility index (Phi) is 4.88. The van der Waals surface area contributed by atoms with Crippen molar-refractivity contribution in [1.29, 1.82) is 0 Å². The Labute approximate surface area is 138 Å².